The molecule has 3 heteroatoms. The van der Waals surface area contributed by atoms with Gasteiger partial charge in [0.2, 0.25) is 5.91 Å². The molecule has 1 aliphatic heterocycles. The number of hydrogen-bond donors (Lipinski definition) is 1. The van der Waals surface area contributed by atoms with Crippen LogP contribution >= 0.6 is 0 Å². The Balaban J connectivity index is 2.50. The summed E-state index contributed by atoms with van der Waals surface area (Å²) in [5.74, 6) is 0.951. The van der Waals surface area contributed by atoms with Crippen LogP contribution in [0.25, 0.3) is 0 Å². The zero-order valence-corrected chi connectivity index (χ0v) is 11.1. The van der Waals surface area contributed by atoms with Gasteiger partial charge in [0.25, 0.3) is 0 Å². The molecule has 0 atom stereocenters. The predicted octanol–water partition coefficient (Wildman–Crippen LogP) is 2.98. The fraction of sp³-hybridized carbons (Fsp3) is 0.500. The normalized spacial score (nSPS) is 16.3. The average molecular weight is 233 g/mol. The SMILES string of the molecule is CC(=O)Nc1cc(C)c2c(c1C)CC(C)(C)O2. The summed E-state index contributed by atoms with van der Waals surface area (Å²) in [4.78, 5) is 11.2. The Morgan fingerprint density at radius 1 is 1.41 bits per heavy atom. The van der Waals surface area contributed by atoms with Gasteiger partial charge >= 0.3 is 0 Å². The van der Waals surface area contributed by atoms with Crippen molar-refractivity contribution in [2.45, 2.75) is 46.6 Å². The van der Waals surface area contributed by atoms with Gasteiger partial charge in [0, 0.05) is 24.6 Å². The molecule has 1 heterocycles. The summed E-state index contributed by atoms with van der Waals surface area (Å²) in [6, 6.07) is 1.98. The first-order valence-corrected chi connectivity index (χ1v) is 5.90. The van der Waals surface area contributed by atoms with Crippen LogP contribution in [0.15, 0.2) is 6.07 Å². The molecule has 1 aromatic carbocycles. The van der Waals surface area contributed by atoms with Gasteiger partial charge in [-0.1, -0.05) is 0 Å². The lowest BCUT2D eigenvalue weighted by Crippen LogP contribution is -2.24. The number of rotatable bonds is 1. The molecule has 1 aromatic rings. The molecule has 1 amide bonds. The highest BCUT2D eigenvalue weighted by atomic mass is 16.5. The summed E-state index contributed by atoms with van der Waals surface area (Å²) < 4.78 is 5.95. The molecule has 0 aliphatic carbocycles. The molecule has 1 aliphatic rings. The fourth-order valence-corrected chi connectivity index (χ4v) is 2.37. The minimum Gasteiger partial charge on any atom is -0.487 e. The van der Waals surface area contributed by atoms with E-state index in [-0.39, 0.29) is 11.5 Å². The second-order valence-corrected chi connectivity index (χ2v) is 5.39. The van der Waals surface area contributed by atoms with Crippen LogP contribution in [-0.4, -0.2) is 11.5 Å². The highest BCUT2D eigenvalue weighted by Gasteiger charge is 2.33. The molecule has 0 aromatic heterocycles. The van der Waals surface area contributed by atoms with E-state index in [0.29, 0.717) is 0 Å². The van der Waals surface area contributed by atoms with Crippen molar-refractivity contribution in [3.05, 3.63) is 22.8 Å². The van der Waals surface area contributed by atoms with Crippen molar-refractivity contribution in [2.24, 2.45) is 0 Å². The molecule has 0 radical (unpaired) electrons. The summed E-state index contributed by atoms with van der Waals surface area (Å²) in [6.45, 7) is 9.76. The number of nitrogens with one attached hydrogen (secondary N) is 1. The van der Waals surface area contributed by atoms with Crippen LogP contribution in [0.1, 0.15) is 37.5 Å². The van der Waals surface area contributed by atoms with Crippen molar-refractivity contribution in [3.63, 3.8) is 0 Å². The summed E-state index contributed by atoms with van der Waals surface area (Å²) in [6.07, 6.45) is 0.891. The molecular weight excluding hydrogens is 214 g/mol. The van der Waals surface area contributed by atoms with E-state index in [4.69, 9.17) is 4.74 Å². The number of hydrogen-bond acceptors (Lipinski definition) is 2. The van der Waals surface area contributed by atoms with Gasteiger partial charge in [-0.15, -0.1) is 0 Å². The van der Waals surface area contributed by atoms with Gasteiger partial charge in [0.05, 0.1) is 0 Å². The van der Waals surface area contributed by atoms with E-state index < -0.39 is 0 Å². The quantitative estimate of drug-likeness (QED) is 0.809. The molecule has 0 saturated heterocycles. The zero-order valence-electron chi connectivity index (χ0n) is 11.1. The Kier molecular flexibility index (Phi) is 2.64. The maximum Gasteiger partial charge on any atom is 0.221 e. The molecule has 92 valence electrons. The van der Waals surface area contributed by atoms with Crippen molar-refractivity contribution >= 4 is 11.6 Å². The van der Waals surface area contributed by atoms with E-state index in [1.165, 1.54) is 12.5 Å². The van der Waals surface area contributed by atoms with E-state index in [1.807, 2.05) is 19.9 Å². The van der Waals surface area contributed by atoms with E-state index in [1.54, 1.807) is 0 Å². The van der Waals surface area contributed by atoms with Crippen LogP contribution in [0.5, 0.6) is 5.75 Å². The highest BCUT2D eigenvalue weighted by molar-refractivity contribution is 5.90. The first-order valence-electron chi connectivity index (χ1n) is 5.90. The van der Waals surface area contributed by atoms with Gasteiger partial charge in [-0.3, -0.25) is 4.79 Å². The number of fused-ring (bicyclic) bond motifs is 1. The van der Waals surface area contributed by atoms with Gasteiger partial charge in [0.15, 0.2) is 0 Å². The summed E-state index contributed by atoms with van der Waals surface area (Å²) in [5, 5.41) is 2.88. The van der Waals surface area contributed by atoms with Gasteiger partial charge in [-0.05, 0) is 44.9 Å². The van der Waals surface area contributed by atoms with Crippen LogP contribution in [-0.2, 0) is 11.2 Å². The molecule has 17 heavy (non-hydrogen) atoms. The third kappa shape index (κ3) is 2.14. The Labute approximate surface area is 102 Å². The van der Waals surface area contributed by atoms with Crippen LogP contribution in [0, 0.1) is 13.8 Å². The molecule has 0 unspecified atom stereocenters. The van der Waals surface area contributed by atoms with Gasteiger partial charge in [0.1, 0.15) is 11.4 Å². The Hall–Kier alpha value is -1.51. The third-order valence-corrected chi connectivity index (χ3v) is 3.14. The van der Waals surface area contributed by atoms with Crippen molar-refractivity contribution in [3.8, 4) is 5.75 Å². The largest absolute Gasteiger partial charge is 0.487 e. The van der Waals surface area contributed by atoms with E-state index in [9.17, 15) is 4.79 Å². The average Bonchev–Trinajstić information content (AvgIpc) is 2.50. The summed E-state index contributed by atoms with van der Waals surface area (Å²) >= 11 is 0. The number of carbonyl (C=O) groups excluding carboxylic acids is 1. The minimum atomic E-state index is -0.146. The molecule has 0 saturated carbocycles. The molecule has 1 N–H and O–H groups in total. The topological polar surface area (TPSA) is 38.3 Å². The first-order chi connectivity index (χ1) is 7.80. The molecule has 0 bridgehead atoms. The van der Waals surface area contributed by atoms with E-state index in [2.05, 4.69) is 19.2 Å². The number of carbonyl (C=O) groups is 1. The lowest BCUT2D eigenvalue weighted by atomic mass is 9.95. The lowest BCUT2D eigenvalue weighted by Gasteiger charge is -2.17. The monoisotopic (exact) mass is 233 g/mol. The summed E-state index contributed by atoms with van der Waals surface area (Å²) in [5.41, 5.74) is 4.17. The fourth-order valence-electron chi connectivity index (χ4n) is 2.37. The zero-order chi connectivity index (χ0) is 12.8. The van der Waals surface area contributed by atoms with Gasteiger partial charge in [-0.25, -0.2) is 0 Å². The van der Waals surface area contributed by atoms with Gasteiger partial charge < -0.3 is 10.1 Å². The number of amides is 1. The molecule has 3 nitrogen and oxygen atoms in total. The Bertz CT molecular complexity index is 489. The standard InChI is InChI=1S/C14H19NO2/c1-8-6-12(15-10(3)16)9(2)11-7-14(4,5)17-13(8)11/h6H,7H2,1-5H3,(H,15,16). The Morgan fingerprint density at radius 2 is 2.06 bits per heavy atom. The maximum absolute atomic E-state index is 11.2. The van der Waals surface area contributed by atoms with Crippen LogP contribution in [0.4, 0.5) is 5.69 Å². The third-order valence-electron chi connectivity index (χ3n) is 3.14. The molecule has 2 rings (SSSR count). The van der Waals surface area contributed by atoms with Gasteiger partial charge in [-0.2, -0.15) is 0 Å². The predicted molar refractivity (Wildman–Crippen MR) is 68.6 cm³/mol. The van der Waals surface area contributed by atoms with Crippen molar-refractivity contribution < 1.29 is 9.53 Å². The smallest absolute Gasteiger partial charge is 0.221 e. The number of benzene rings is 1. The molecule has 0 fully saturated rings. The molecule has 0 spiro atoms. The lowest BCUT2D eigenvalue weighted by molar-refractivity contribution is -0.114. The van der Waals surface area contributed by atoms with E-state index >= 15 is 0 Å². The van der Waals surface area contributed by atoms with Crippen molar-refractivity contribution in [2.75, 3.05) is 5.32 Å². The number of ether oxygens (including phenoxy) is 1. The Morgan fingerprint density at radius 3 is 2.65 bits per heavy atom. The maximum atomic E-state index is 11.2. The number of aryl methyl sites for hydroxylation is 1. The second-order valence-electron chi connectivity index (χ2n) is 5.39. The first kappa shape index (κ1) is 12.0. The minimum absolute atomic E-state index is 0.0365. The van der Waals surface area contributed by atoms with Crippen molar-refractivity contribution in [1.29, 1.82) is 0 Å². The second kappa shape index (κ2) is 3.76. The highest BCUT2D eigenvalue weighted by Crippen LogP contribution is 2.42. The van der Waals surface area contributed by atoms with Crippen molar-refractivity contribution in [1.82, 2.24) is 0 Å². The summed E-state index contributed by atoms with van der Waals surface area (Å²) in [7, 11) is 0. The van der Waals surface area contributed by atoms with Crippen LogP contribution in [0.3, 0.4) is 0 Å². The van der Waals surface area contributed by atoms with Crippen LogP contribution < -0.4 is 10.1 Å². The van der Waals surface area contributed by atoms with E-state index in [0.717, 1.165) is 29.0 Å². The van der Waals surface area contributed by atoms with Crippen LogP contribution in [0.2, 0.25) is 0 Å². The number of anilines is 1. The molecular formula is C14H19NO2.